The van der Waals surface area contributed by atoms with Crippen LogP contribution in [0.2, 0.25) is 0 Å². The van der Waals surface area contributed by atoms with Gasteiger partial charge in [-0.25, -0.2) is 34.9 Å². The maximum atomic E-state index is 12.4. The van der Waals surface area contributed by atoms with Crippen molar-refractivity contribution in [3.05, 3.63) is 321 Å². The van der Waals surface area contributed by atoms with Crippen molar-refractivity contribution in [2.24, 2.45) is 0 Å². The first-order valence-corrected chi connectivity index (χ1v) is 42.9. The number of rotatable bonds is 9. The molecule has 0 bridgehead atoms. The number of allylic oxidation sites excluding steroid dienone is 3. The van der Waals surface area contributed by atoms with Crippen molar-refractivity contribution in [1.82, 2.24) is 61.1 Å². The summed E-state index contributed by atoms with van der Waals surface area (Å²) < 4.78 is 39.9. The van der Waals surface area contributed by atoms with Crippen molar-refractivity contribution < 1.29 is 4.57 Å². The van der Waals surface area contributed by atoms with E-state index in [1.165, 1.54) is 40.1 Å². The molecule has 23 rings (SSSR count). The minimum Gasteiger partial charge on any atom is -0.319 e. The van der Waals surface area contributed by atoms with Gasteiger partial charge in [0, 0.05) is 109 Å². The minimum atomic E-state index is -2.28. The Morgan fingerprint density at radius 3 is 1.17 bits per heavy atom. The van der Waals surface area contributed by atoms with Crippen molar-refractivity contribution in [3.8, 4) is 90.2 Å². The van der Waals surface area contributed by atoms with E-state index in [1.54, 1.807) is 13.3 Å². The van der Waals surface area contributed by atoms with Crippen LogP contribution in [0.1, 0.15) is 11.6 Å². The molecule has 0 saturated heterocycles. The lowest BCUT2D eigenvalue weighted by atomic mass is 9.95. The van der Waals surface area contributed by atoms with Crippen LogP contribution in [-0.4, -0.2) is 79.7 Å². The Balaban J connectivity index is 0.000000108. The fraction of sp³-hybridized carbons (Fsp3) is 0.0421. The highest BCUT2D eigenvalue weighted by atomic mass is 32.2. The van der Waals surface area contributed by atoms with Gasteiger partial charge in [0.2, 0.25) is 0 Å². The predicted octanol–water partition coefficient (Wildman–Crippen LogP) is 24.2. The van der Waals surface area contributed by atoms with Crippen molar-refractivity contribution in [3.63, 3.8) is 0 Å². The van der Waals surface area contributed by atoms with E-state index in [2.05, 4.69) is 198 Å². The molecule has 0 amide bonds. The average Bonchev–Trinajstić information content (AvgIpc) is 1.26. The summed E-state index contributed by atoms with van der Waals surface area (Å²) in [6.07, 6.45) is 8.80. The zero-order valence-electron chi connectivity index (χ0n) is 61.0. The highest BCUT2D eigenvalue weighted by molar-refractivity contribution is 8.00. The highest BCUT2D eigenvalue weighted by Gasteiger charge is 2.36. The number of pyridine rings is 3. The average molecular weight is 1560 g/mol. The summed E-state index contributed by atoms with van der Waals surface area (Å²) in [5.74, 6) is 1.66. The topological polar surface area (TPSA) is 185 Å². The van der Waals surface area contributed by atoms with Gasteiger partial charge < -0.3 is 4.57 Å². The third kappa shape index (κ3) is 12.3. The predicted molar refractivity (Wildman–Crippen MR) is 473 cm³/mol. The van der Waals surface area contributed by atoms with E-state index in [4.69, 9.17) is 39.3 Å². The molecule has 21 aromatic rings. The van der Waals surface area contributed by atoms with Gasteiger partial charge in [-0.05, 0) is 85.1 Å². The van der Waals surface area contributed by atoms with Crippen LogP contribution >= 0.6 is 54.1 Å². The van der Waals surface area contributed by atoms with Gasteiger partial charge >= 0.3 is 0 Å². The molecule has 0 fully saturated rings. The van der Waals surface area contributed by atoms with E-state index < -0.39 is 7.14 Å². The molecule has 8 aromatic heterocycles. The quantitative estimate of drug-likeness (QED) is 0.0981. The van der Waals surface area contributed by atoms with Crippen LogP contribution in [0.15, 0.2) is 320 Å². The molecule has 9 heterocycles. The van der Waals surface area contributed by atoms with Crippen LogP contribution < -0.4 is 5.30 Å². The first-order valence-electron chi connectivity index (χ1n) is 37.2. The first kappa shape index (κ1) is 68.8. The lowest BCUT2D eigenvalue weighted by Crippen LogP contribution is -2.09. The minimum absolute atomic E-state index is 0.233. The maximum absolute atomic E-state index is 12.4. The highest BCUT2D eigenvalue weighted by Crippen LogP contribution is 2.52. The molecule has 2 aliphatic rings. The van der Waals surface area contributed by atoms with Crippen molar-refractivity contribution in [2.45, 2.75) is 16.1 Å². The number of thioether (sulfide) groups is 1. The Morgan fingerprint density at radius 2 is 0.667 bits per heavy atom. The van der Waals surface area contributed by atoms with Gasteiger partial charge in [0.15, 0.2) is 11.6 Å². The Kier molecular flexibility index (Phi) is 17.2. The lowest BCUT2D eigenvalue weighted by molar-refractivity contribution is 0.588. The zero-order chi connectivity index (χ0) is 76.0. The lowest BCUT2D eigenvalue weighted by Gasteiger charge is -2.15. The van der Waals surface area contributed by atoms with E-state index in [0.29, 0.717) is 11.1 Å². The molecular weight excluding hydrogens is 1500 g/mol. The third-order valence-corrected chi connectivity index (χ3v) is 25.8. The van der Waals surface area contributed by atoms with E-state index in [1.807, 2.05) is 151 Å². The number of para-hydroxylation sites is 1. The van der Waals surface area contributed by atoms with Gasteiger partial charge in [0.25, 0.3) is 0 Å². The molecule has 0 radical (unpaired) electrons. The van der Waals surface area contributed by atoms with Gasteiger partial charge in [-0.1, -0.05) is 255 Å². The van der Waals surface area contributed by atoms with Crippen LogP contribution in [0.3, 0.4) is 0 Å². The third-order valence-electron chi connectivity index (χ3n) is 21.3. The van der Waals surface area contributed by atoms with Crippen LogP contribution in [-0.2, 0) is 4.57 Å². The van der Waals surface area contributed by atoms with Gasteiger partial charge in [0.1, 0.15) is 40.2 Å². The molecule has 2 unspecified atom stereocenters. The molecule has 1 aliphatic carbocycles. The maximum Gasteiger partial charge on any atom is 0.160 e. The van der Waals surface area contributed by atoms with Gasteiger partial charge in [-0.15, -0.1) is 11.8 Å². The van der Waals surface area contributed by atoms with Crippen LogP contribution in [0, 0.1) is 0 Å². The van der Waals surface area contributed by atoms with E-state index >= 15 is 0 Å². The van der Waals surface area contributed by atoms with E-state index in [9.17, 15) is 4.57 Å². The summed E-state index contributed by atoms with van der Waals surface area (Å²) in [4.78, 5) is 37.1. The Hall–Kier alpha value is -13.2. The van der Waals surface area contributed by atoms with Crippen LogP contribution in [0.25, 0.3) is 199 Å². The number of benzene rings is 13. The van der Waals surface area contributed by atoms with E-state index in [0.717, 1.165) is 204 Å². The molecule has 1 aliphatic heterocycles. The Labute approximate surface area is 669 Å². The largest absolute Gasteiger partial charge is 0.319 e. The Morgan fingerprint density at radius 1 is 0.281 bits per heavy atom. The van der Waals surface area contributed by atoms with Gasteiger partial charge in [-0.3, -0.25) is 0 Å². The summed E-state index contributed by atoms with van der Waals surface area (Å²) in [5, 5.41) is 11.9. The number of hydrogen-bond donors (Lipinski definition) is 0. The number of aromatic nitrogens is 13. The molecule has 19 heteroatoms. The summed E-state index contributed by atoms with van der Waals surface area (Å²) in [5.41, 5.74) is 24.2. The molecule has 0 N–H and O–H groups in total. The molecule has 114 heavy (non-hydrogen) atoms. The van der Waals surface area contributed by atoms with Crippen LogP contribution in [0.5, 0.6) is 0 Å². The summed E-state index contributed by atoms with van der Waals surface area (Å²) in [6, 6.07) is 99.3. The second-order valence-electron chi connectivity index (χ2n) is 28.6. The number of hydrogen-bond acceptors (Lipinski definition) is 18. The van der Waals surface area contributed by atoms with Crippen molar-refractivity contribution in [2.75, 3.05) is 13.3 Å². The summed E-state index contributed by atoms with van der Waals surface area (Å²) in [7, 11) is -2.28. The Bertz CT molecular complexity index is 7530. The molecule has 540 valence electrons. The first-order chi connectivity index (χ1) is 56.1. The second-order valence-corrected chi connectivity index (χ2v) is 34.6. The zero-order valence-corrected chi connectivity index (χ0v) is 65.1. The SMILES string of the molecule is C1=CC2Sc3c(-c4ccccc4)nc(-c4ccc5c(c4)nc(-c4ccccc4)c4ccc6nsnc6c45)nc3C2C=C1.CP(C)(=O)c1ccc(-c2ccc3c(c2)nc(-c2ccccc2)c2ccc4nsnc4c23)cc1.c1ccc(-c2nc(-c3ccc4c(c3)nc(-c3ccccc3)c3ccc5nsnc5c34)c3ccccc3n2)cc1. The molecule has 13 aromatic carbocycles. The van der Waals surface area contributed by atoms with Crippen molar-refractivity contribution >= 4 is 168 Å². The molecule has 0 spiro atoms. The molecule has 2 atom stereocenters. The van der Waals surface area contributed by atoms with Crippen molar-refractivity contribution in [1.29, 1.82) is 0 Å². The second kappa shape index (κ2) is 28.5. The van der Waals surface area contributed by atoms with Gasteiger partial charge in [0.05, 0.1) is 96.3 Å². The van der Waals surface area contributed by atoms with Crippen LogP contribution in [0.4, 0.5) is 0 Å². The standard InChI is InChI=1S/C35H21N5S2.C33H19N5S.C27H20N3OPS/c1-3-9-20(10-4-1)30-25-17-18-26-33(40-42-39-26)29(25)23-16-15-22(19-27(23)36-30)35-37-31(21-11-5-2-6-12-21)34-32(38-35)24-13-7-8-14-28(24)41-34;1-3-9-20(10-4-1)30-25-17-18-27-32(38-39-37-27)29(25)23-16-15-22(19-28(23)34-30)31-24-13-7-8-14-26(24)35-33(36-31)21-11-5-2-6-12-21;1-32(2,31)20-11-8-17(9-12-20)19-10-13-21-24(16-19)28-26(18-6-4-3-5-7-18)22-14-15-23-27(25(21)22)30-33-29-23/h1-19,24,28H;1-19H;3-16H,1-2H3. The fourth-order valence-corrected chi connectivity index (χ4v) is 19.6. The fourth-order valence-electron chi connectivity index (χ4n) is 15.8. The smallest absolute Gasteiger partial charge is 0.160 e. The summed E-state index contributed by atoms with van der Waals surface area (Å²) in [6.45, 7) is 3.60. The number of nitrogens with zero attached hydrogens (tertiary/aromatic N) is 13. The van der Waals surface area contributed by atoms with E-state index in [-0.39, 0.29) is 5.92 Å². The molecule has 0 saturated carbocycles. The summed E-state index contributed by atoms with van der Waals surface area (Å²) >= 11 is 5.59. The number of fused-ring (bicyclic) bond motifs is 19. The molecule has 14 nitrogen and oxygen atoms in total. The van der Waals surface area contributed by atoms with Gasteiger partial charge in [-0.2, -0.15) is 26.2 Å². The normalized spacial score (nSPS) is 13.8. The molecular formula is C95H60N13OPS4. The monoisotopic (exact) mass is 1560 g/mol.